The number of ketones is 1. The highest BCUT2D eigenvalue weighted by molar-refractivity contribution is 9.10. The second kappa shape index (κ2) is 6.44. The van der Waals surface area contributed by atoms with Crippen LogP contribution < -0.4 is 9.64 Å². The zero-order valence-electron chi connectivity index (χ0n) is 14.0. The van der Waals surface area contributed by atoms with Crippen LogP contribution in [0.3, 0.4) is 0 Å². The number of carbonyl (C=O) groups excluding carboxylic acids is 1. The summed E-state index contributed by atoms with van der Waals surface area (Å²) in [5.74, 6) is 0.635. The number of ether oxygens (including phenoxy) is 1. The summed E-state index contributed by atoms with van der Waals surface area (Å²) >= 11 is 3.40. The van der Waals surface area contributed by atoms with E-state index < -0.39 is 0 Å². The lowest BCUT2D eigenvalue weighted by atomic mass is 9.83. The third-order valence-corrected chi connectivity index (χ3v) is 4.91. The molecule has 1 heterocycles. The monoisotopic (exact) mass is 385 g/mol. The Balaban J connectivity index is 1.77. The van der Waals surface area contributed by atoms with E-state index in [-0.39, 0.29) is 17.8 Å². The molecule has 1 aliphatic heterocycles. The van der Waals surface area contributed by atoms with Crippen LogP contribution >= 0.6 is 15.9 Å². The summed E-state index contributed by atoms with van der Waals surface area (Å²) in [6, 6.07) is 15.8. The van der Waals surface area contributed by atoms with Gasteiger partial charge >= 0.3 is 0 Å². The standard InChI is InChI=1S/C20H20BrNO2/c1-20(2)17-9-4-5-10-18(17)22(3)19(20)12-15(23)13-24-16-8-6-7-14(21)11-16/h4-12H,13H2,1-3H3/b19-12-. The first kappa shape index (κ1) is 16.8. The molecule has 0 saturated heterocycles. The van der Waals surface area contributed by atoms with Crippen molar-refractivity contribution in [3.63, 3.8) is 0 Å². The molecule has 0 aromatic heterocycles. The molecule has 0 radical (unpaired) electrons. The van der Waals surface area contributed by atoms with Crippen molar-refractivity contribution in [3.05, 3.63) is 70.3 Å². The van der Waals surface area contributed by atoms with Crippen molar-refractivity contribution < 1.29 is 9.53 Å². The molecule has 1 aliphatic rings. The van der Waals surface area contributed by atoms with Crippen LogP contribution in [0.2, 0.25) is 0 Å². The summed E-state index contributed by atoms with van der Waals surface area (Å²) in [5, 5.41) is 0. The lowest BCUT2D eigenvalue weighted by Gasteiger charge is -2.23. The number of halogens is 1. The number of rotatable bonds is 4. The Kier molecular flexibility index (Phi) is 4.50. The molecule has 24 heavy (non-hydrogen) atoms. The summed E-state index contributed by atoms with van der Waals surface area (Å²) in [6.45, 7) is 4.31. The molecule has 3 nitrogen and oxygen atoms in total. The lowest BCUT2D eigenvalue weighted by molar-refractivity contribution is -0.116. The highest BCUT2D eigenvalue weighted by Crippen LogP contribution is 2.46. The molecule has 0 spiro atoms. The fraction of sp³-hybridized carbons (Fsp3) is 0.250. The van der Waals surface area contributed by atoms with Gasteiger partial charge in [0, 0.05) is 34.4 Å². The Hall–Kier alpha value is -2.07. The summed E-state index contributed by atoms with van der Waals surface area (Å²) in [6.07, 6.45) is 1.71. The number of para-hydroxylation sites is 1. The van der Waals surface area contributed by atoms with E-state index in [1.54, 1.807) is 6.08 Å². The fourth-order valence-electron chi connectivity index (χ4n) is 3.16. The SMILES string of the molecule is CN1/C(=C\C(=O)COc2cccc(Br)c2)C(C)(C)c2ccccc21. The van der Waals surface area contributed by atoms with Gasteiger partial charge in [-0.1, -0.05) is 54.0 Å². The van der Waals surface area contributed by atoms with Gasteiger partial charge in [0.1, 0.15) is 5.75 Å². The third kappa shape index (κ3) is 3.11. The molecule has 0 saturated carbocycles. The lowest BCUT2D eigenvalue weighted by Crippen LogP contribution is -2.25. The molecule has 3 rings (SSSR count). The van der Waals surface area contributed by atoms with Gasteiger partial charge in [-0.15, -0.1) is 0 Å². The molecule has 4 heteroatoms. The zero-order chi connectivity index (χ0) is 17.3. The van der Waals surface area contributed by atoms with E-state index in [2.05, 4.69) is 46.8 Å². The molecule has 0 fully saturated rings. The maximum atomic E-state index is 12.4. The van der Waals surface area contributed by atoms with Crippen molar-refractivity contribution in [2.75, 3.05) is 18.6 Å². The number of hydrogen-bond acceptors (Lipinski definition) is 3. The van der Waals surface area contributed by atoms with E-state index in [9.17, 15) is 4.79 Å². The topological polar surface area (TPSA) is 29.5 Å². The fourth-order valence-corrected chi connectivity index (χ4v) is 3.54. The number of nitrogens with zero attached hydrogens (tertiary/aromatic N) is 1. The molecular weight excluding hydrogens is 366 g/mol. The highest BCUT2D eigenvalue weighted by atomic mass is 79.9. The number of fused-ring (bicyclic) bond motifs is 1. The van der Waals surface area contributed by atoms with Gasteiger partial charge in [0.2, 0.25) is 0 Å². The Bertz CT molecular complexity index is 811. The normalized spacial score (nSPS) is 17.0. The van der Waals surface area contributed by atoms with Crippen LogP contribution in [0.4, 0.5) is 5.69 Å². The second-order valence-corrected chi connectivity index (χ2v) is 7.36. The van der Waals surface area contributed by atoms with Crippen LogP contribution in [-0.4, -0.2) is 19.4 Å². The molecule has 0 amide bonds. The number of likely N-dealkylation sites (N-methyl/N-ethyl adjacent to an activating group) is 1. The quantitative estimate of drug-likeness (QED) is 0.713. The van der Waals surface area contributed by atoms with Gasteiger partial charge in [0.05, 0.1) is 0 Å². The van der Waals surface area contributed by atoms with Gasteiger partial charge in [-0.3, -0.25) is 4.79 Å². The molecular formula is C20H20BrNO2. The Morgan fingerprint density at radius 1 is 1.21 bits per heavy atom. The molecule has 0 unspecified atom stereocenters. The van der Waals surface area contributed by atoms with Crippen molar-refractivity contribution in [2.24, 2.45) is 0 Å². The van der Waals surface area contributed by atoms with E-state index in [1.807, 2.05) is 43.4 Å². The summed E-state index contributed by atoms with van der Waals surface area (Å²) in [4.78, 5) is 14.5. The molecule has 0 atom stereocenters. The first-order chi connectivity index (χ1) is 11.4. The molecule has 0 N–H and O–H groups in total. The van der Waals surface area contributed by atoms with Gasteiger partial charge in [-0.05, 0) is 29.8 Å². The Labute approximate surface area is 151 Å². The molecule has 2 aromatic carbocycles. The predicted molar refractivity (Wildman–Crippen MR) is 101 cm³/mol. The van der Waals surface area contributed by atoms with Gasteiger partial charge < -0.3 is 9.64 Å². The molecule has 2 aromatic rings. The number of anilines is 1. The molecule has 124 valence electrons. The molecule has 0 bridgehead atoms. The van der Waals surface area contributed by atoms with Crippen molar-refractivity contribution in [1.82, 2.24) is 0 Å². The zero-order valence-corrected chi connectivity index (χ0v) is 15.6. The number of benzene rings is 2. The molecule has 0 aliphatic carbocycles. The number of carbonyl (C=O) groups is 1. The largest absolute Gasteiger partial charge is 0.485 e. The van der Waals surface area contributed by atoms with Gasteiger partial charge in [-0.2, -0.15) is 0 Å². The average Bonchev–Trinajstić information content (AvgIpc) is 2.75. The van der Waals surface area contributed by atoms with E-state index >= 15 is 0 Å². The van der Waals surface area contributed by atoms with Crippen molar-refractivity contribution in [3.8, 4) is 5.75 Å². The second-order valence-electron chi connectivity index (χ2n) is 6.44. The van der Waals surface area contributed by atoms with Crippen LogP contribution in [0.15, 0.2) is 64.8 Å². The maximum Gasteiger partial charge on any atom is 0.194 e. The minimum atomic E-state index is -0.198. The van der Waals surface area contributed by atoms with Gasteiger partial charge in [0.15, 0.2) is 12.4 Å². The minimum Gasteiger partial charge on any atom is -0.485 e. The van der Waals surface area contributed by atoms with Crippen LogP contribution in [0.1, 0.15) is 19.4 Å². The van der Waals surface area contributed by atoms with Crippen LogP contribution in [0.25, 0.3) is 0 Å². The predicted octanol–water partition coefficient (Wildman–Crippen LogP) is 4.71. The van der Waals surface area contributed by atoms with Crippen molar-refractivity contribution in [2.45, 2.75) is 19.3 Å². The van der Waals surface area contributed by atoms with E-state index in [4.69, 9.17) is 4.74 Å². The summed E-state index contributed by atoms with van der Waals surface area (Å²) in [5.41, 5.74) is 3.18. The smallest absolute Gasteiger partial charge is 0.194 e. The Morgan fingerprint density at radius 2 is 1.96 bits per heavy atom. The number of allylic oxidation sites excluding steroid dienone is 1. The van der Waals surface area contributed by atoms with E-state index in [0.29, 0.717) is 5.75 Å². The van der Waals surface area contributed by atoms with Crippen LogP contribution in [0.5, 0.6) is 5.75 Å². The minimum absolute atomic E-state index is 0.0280. The highest BCUT2D eigenvalue weighted by Gasteiger charge is 2.38. The van der Waals surface area contributed by atoms with E-state index in [1.165, 1.54) is 5.56 Å². The Morgan fingerprint density at radius 3 is 2.67 bits per heavy atom. The van der Waals surface area contributed by atoms with Crippen LogP contribution in [0, 0.1) is 0 Å². The third-order valence-electron chi connectivity index (χ3n) is 4.42. The first-order valence-corrected chi connectivity index (χ1v) is 8.65. The van der Waals surface area contributed by atoms with Crippen molar-refractivity contribution in [1.29, 1.82) is 0 Å². The number of hydrogen-bond donors (Lipinski definition) is 0. The van der Waals surface area contributed by atoms with Crippen molar-refractivity contribution >= 4 is 27.4 Å². The first-order valence-electron chi connectivity index (χ1n) is 7.86. The average molecular weight is 386 g/mol. The summed E-state index contributed by atoms with van der Waals surface area (Å²) in [7, 11) is 2.00. The summed E-state index contributed by atoms with van der Waals surface area (Å²) < 4.78 is 6.53. The van der Waals surface area contributed by atoms with E-state index in [0.717, 1.165) is 15.9 Å². The maximum absolute atomic E-state index is 12.4. The van der Waals surface area contributed by atoms with Gasteiger partial charge in [-0.25, -0.2) is 0 Å². The van der Waals surface area contributed by atoms with Gasteiger partial charge in [0.25, 0.3) is 0 Å². The van der Waals surface area contributed by atoms with Crippen LogP contribution in [-0.2, 0) is 10.2 Å².